The Balaban J connectivity index is 1.87. The Morgan fingerprint density at radius 2 is 1.86 bits per heavy atom. The van der Waals surface area contributed by atoms with Crippen molar-refractivity contribution < 1.29 is 4.74 Å². The molecule has 5 heteroatoms. The first-order valence-corrected chi connectivity index (χ1v) is 7.01. The van der Waals surface area contributed by atoms with E-state index in [0.717, 1.165) is 17.0 Å². The Hall–Kier alpha value is -2.82. The molecular weight excluding hydrogens is 278 g/mol. The lowest BCUT2D eigenvalue weighted by molar-refractivity contribution is 0.415. The molecule has 5 nitrogen and oxygen atoms in total. The molecule has 1 N–H and O–H groups in total. The van der Waals surface area contributed by atoms with Crippen LogP contribution in [0.3, 0.4) is 0 Å². The van der Waals surface area contributed by atoms with Crippen LogP contribution in [0.2, 0.25) is 0 Å². The molecule has 0 aliphatic heterocycles. The summed E-state index contributed by atoms with van der Waals surface area (Å²) in [4.78, 5) is 16.9. The summed E-state index contributed by atoms with van der Waals surface area (Å²) < 4.78 is 6.71. The summed E-state index contributed by atoms with van der Waals surface area (Å²) in [6, 6.07) is 15.0. The van der Waals surface area contributed by atoms with E-state index < -0.39 is 0 Å². The fourth-order valence-corrected chi connectivity index (χ4v) is 2.31. The van der Waals surface area contributed by atoms with E-state index in [1.807, 2.05) is 42.5 Å². The number of benzene rings is 2. The molecule has 112 valence electrons. The monoisotopic (exact) mass is 295 g/mol. The van der Waals surface area contributed by atoms with E-state index in [1.165, 1.54) is 0 Å². The first-order chi connectivity index (χ1) is 10.7. The standard InChI is InChI=1S/C17H17N3O2/c1-20-16(11-18-12-7-9-13(22-2)10-8-12)19-15-6-4-3-5-14(15)17(20)21/h3-10,18H,11H2,1-2H3. The number of nitrogens with one attached hydrogen (secondary N) is 1. The summed E-state index contributed by atoms with van der Waals surface area (Å²) in [6.45, 7) is 0.475. The van der Waals surface area contributed by atoms with Crippen molar-refractivity contribution in [3.63, 3.8) is 0 Å². The number of fused-ring (bicyclic) bond motifs is 1. The molecule has 0 amide bonds. The van der Waals surface area contributed by atoms with Gasteiger partial charge in [-0.1, -0.05) is 12.1 Å². The fraction of sp³-hybridized carbons (Fsp3) is 0.176. The van der Waals surface area contributed by atoms with Crippen molar-refractivity contribution in [3.05, 3.63) is 64.7 Å². The molecule has 0 unspecified atom stereocenters. The van der Waals surface area contributed by atoms with Crippen LogP contribution in [0.25, 0.3) is 10.9 Å². The maximum Gasteiger partial charge on any atom is 0.261 e. The third-order valence-electron chi connectivity index (χ3n) is 3.62. The average molecular weight is 295 g/mol. The number of aromatic nitrogens is 2. The SMILES string of the molecule is COc1ccc(NCc2nc3ccccc3c(=O)n2C)cc1. The molecule has 0 aliphatic carbocycles. The zero-order valence-electron chi connectivity index (χ0n) is 12.5. The molecule has 0 fully saturated rings. The van der Waals surface area contributed by atoms with Crippen LogP contribution in [-0.4, -0.2) is 16.7 Å². The van der Waals surface area contributed by atoms with Crippen molar-refractivity contribution in [3.8, 4) is 5.75 Å². The number of methoxy groups -OCH3 is 1. The highest BCUT2D eigenvalue weighted by atomic mass is 16.5. The van der Waals surface area contributed by atoms with E-state index in [0.29, 0.717) is 17.8 Å². The highest BCUT2D eigenvalue weighted by Gasteiger charge is 2.07. The van der Waals surface area contributed by atoms with Gasteiger partial charge in [-0.3, -0.25) is 9.36 Å². The third-order valence-corrected chi connectivity index (χ3v) is 3.62. The summed E-state index contributed by atoms with van der Waals surface area (Å²) in [6.07, 6.45) is 0. The Morgan fingerprint density at radius 3 is 2.59 bits per heavy atom. The average Bonchev–Trinajstić information content (AvgIpc) is 2.57. The predicted octanol–water partition coefficient (Wildman–Crippen LogP) is 2.55. The summed E-state index contributed by atoms with van der Waals surface area (Å²) in [5.41, 5.74) is 1.64. The molecule has 3 rings (SSSR count). The second-order valence-electron chi connectivity index (χ2n) is 4.99. The van der Waals surface area contributed by atoms with Gasteiger partial charge in [-0.15, -0.1) is 0 Å². The zero-order chi connectivity index (χ0) is 15.5. The van der Waals surface area contributed by atoms with Gasteiger partial charge in [-0.2, -0.15) is 0 Å². The van der Waals surface area contributed by atoms with E-state index in [9.17, 15) is 4.79 Å². The van der Waals surface area contributed by atoms with Crippen LogP contribution in [0.5, 0.6) is 5.75 Å². The quantitative estimate of drug-likeness (QED) is 0.803. The molecule has 0 saturated heterocycles. The van der Waals surface area contributed by atoms with Crippen LogP contribution in [0.15, 0.2) is 53.3 Å². The molecule has 0 aliphatic rings. The smallest absolute Gasteiger partial charge is 0.261 e. The van der Waals surface area contributed by atoms with Crippen molar-refractivity contribution in [1.82, 2.24) is 9.55 Å². The minimum atomic E-state index is -0.0304. The molecule has 0 atom stereocenters. The summed E-state index contributed by atoms with van der Waals surface area (Å²) in [5, 5.41) is 3.90. The second-order valence-corrected chi connectivity index (χ2v) is 4.99. The largest absolute Gasteiger partial charge is 0.497 e. The van der Waals surface area contributed by atoms with Gasteiger partial charge in [-0.05, 0) is 36.4 Å². The lowest BCUT2D eigenvalue weighted by atomic mass is 10.2. The molecule has 0 spiro atoms. The molecule has 0 radical (unpaired) electrons. The van der Waals surface area contributed by atoms with Gasteiger partial charge in [0.05, 0.1) is 24.6 Å². The molecule has 0 bridgehead atoms. The van der Waals surface area contributed by atoms with E-state index >= 15 is 0 Å². The molecule has 3 aromatic rings. The number of ether oxygens (including phenoxy) is 1. The number of rotatable bonds is 4. The van der Waals surface area contributed by atoms with Crippen molar-refractivity contribution in [2.45, 2.75) is 6.54 Å². The molecule has 2 aromatic carbocycles. The van der Waals surface area contributed by atoms with Crippen LogP contribution in [0.1, 0.15) is 5.82 Å². The van der Waals surface area contributed by atoms with E-state index in [4.69, 9.17) is 4.74 Å². The Kier molecular flexibility index (Phi) is 3.78. The molecule has 0 saturated carbocycles. The number of hydrogen-bond donors (Lipinski definition) is 1. The predicted molar refractivity (Wildman–Crippen MR) is 87.3 cm³/mol. The Labute approximate surface area is 128 Å². The van der Waals surface area contributed by atoms with Gasteiger partial charge >= 0.3 is 0 Å². The lowest BCUT2D eigenvalue weighted by Gasteiger charge is -2.11. The van der Waals surface area contributed by atoms with Crippen molar-refractivity contribution in [2.24, 2.45) is 7.05 Å². The summed E-state index contributed by atoms with van der Waals surface area (Å²) in [5.74, 6) is 1.50. The fourth-order valence-electron chi connectivity index (χ4n) is 2.31. The summed E-state index contributed by atoms with van der Waals surface area (Å²) >= 11 is 0. The van der Waals surface area contributed by atoms with Crippen LogP contribution in [0.4, 0.5) is 5.69 Å². The van der Waals surface area contributed by atoms with Crippen molar-refractivity contribution in [1.29, 1.82) is 0 Å². The Morgan fingerprint density at radius 1 is 1.14 bits per heavy atom. The van der Waals surface area contributed by atoms with Gasteiger partial charge in [-0.25, -0.2) is 4.98 Å². The van der Waals surface area contributed by atoms with Gasteiger partial charge in [0.2, 0.25) is 0 Å². The zero-order valence-corrected chi connectivity index (χ0v) is 12.5. The normalized spacial score (nSPS) is 10.6. The highest BCUT2D eigenvalue weighted by molar-refractivity contribution is 5.77. The van der Waals surface area contributed by atoms with Crippen LogP contribution < -0.4 is 15.6 Å². The number of anilines is 1. The van der Waals surface area contributed by atoms with Gasteiger partial charge in [0.1, 0.15) is 11.6 Å². The van der Waals surface area contributed by atoms with Crippen LogP contribution in [-0.2, 0) is 13.6 Å². The summed E-state index contributed by atoms with van der Waals surface area (Å²) in [7, 11) is 3.38. The van der Waals surface area contributed by atoms with E-state index in [1.54, 1.807) is 24.8 Å². The molecule has 1 heterocycles. The third kappa shape index (κ3) is 2.65. The van der Waals surface area contributed by atoms with Crippen molar-refractivity contribution in [2.75, 3.05) is 12.4 Å². The van der Waals surface area contributed by atoms with Gasteiger partial charge in [0.25, 0.3) is 5.56 Å². The maximum atomic E-state index is 12.3. The first-order valence-electron chi connectivity index (χ1n) is 7.01. The van der Waals surface area contributed by atoms with E-state index in [2.05, 4.69) is 10.3 Å². The number of para-hydroxylation sites is 1. The van der Waals surface area contributed by atoms with Crippen LogP contribution >= 0.6 is 0 Å². The van der Waals surface area contributed by atoms with Crippen molar-refractivity contribution >= 4 is 16.6 Å². The van der Waals surface area contributed by atoms with Gasteiger partial charge < -0.3 is 10.1 Å². The van der Waals surface area contributed by atoms with Gasteiger partial charge in [0, 0.05) is 12.7 Å². The Bertz CT molecular complexity index is 854. The van der Waals surface area contributed by atoms with Crippen LogP contribution in [0, 0.1) is 0 Å². The number of hydrogen-bond acceptors (Lipinski definition) is 4. The topological polar surface area (TPSA) is 56.1 Å². The maximum absolute atomic E-state index is 12.3. The van der Waals surface area contributed by atoms with E-state index in [-0.39, 0.29) is 5.56 Å². The highest BCUT2D eigenvalue weighted by Crippen LogP contribution is 2.15. The first kappa shape index (κ1) is 14.1. The molecular formula is C17H17N3O2. The molecule has 1 aromatic heterocycles. The minimum absolute atomic E-state index is 0.0304. The second kappa shape index (κ2) is 5.89. The minimum Gasteiger partial charge on any atom is -0.497 e. The van der Waals surface area contributed by atoms with Gasteiger partial charge in [0.15, 0.2) is 0 Å². The molecule has 22 heavy (non-hydrogen) atoms. The lowest BCUT2D eigenvalue weighted by Crippen LogP contribution is -2.23. The number of nitrogens with zero attached hydrogens (tertiary/aromatic N) is 2.